The van der Waals surface area contributed by atoms with Gasteiger partial charge in [-0.15, -0.1) is 0 Å². The van der Waals surface area contributed by atoms with Crippen LogP contribution in [0.1, 0.15) is 6.92 Å². The lowest BCUT2D eigenvalue weighted by molar-refractivity contribution is -0.174. The minimum Gasteiger partial charge on any atom is -0.465 e. The number of hydrogen-bond acceptors (Lipinski definition) is 3. The number of carbonyl (C=O) groups is 2. The SMILES string of the molecule is CCOC(=O)CNC(=O)C(F)(F)F. The first-order valence-corrected chi connectivity index (χ1v) is 3.38. The largest absolute Gasteiger partial charge is 0.471 e. The van der Waals surface area contributed by atoms with Gasteiger partial charge in [-0.1, -0.05) is 0 Å². The lowest BCUT2D eigenvalue weighted by Crippen LogP contribution is -2.40. The van der Waals surface area contributed by atoms with E-state index in [9.17, 15) is 22.8 Å². The molecule has 4 nitrogen and oxygen atoms in total. The standard InChI is InChI=1S/C6H8F3NO3/c1-2-13-4(11)3-10-5(12)6(7,8)9/h2-3H2,1H3,(H,10,12). The van der Waals surface area contributed by atoms with E-state index >= 15 is 0 Å². The molecule has 76 valence electrons. The van der Waals surface area contributed by atoms with Crippen molar-refractivity contribution in [3.8, 4) is 0 Å². The van der Waals surface area contributed by atoms with Gasteiger partial charge >= 0.3 is 18.1 Å². The van der Waals surface area contributed by atoms with Crippen molar-refractivity contribution < 1.29 is 27.5 Å². The van der Waals surface area contributed by atoms with Gasteiger partial charge in [0.2, 0.25) is 0 Å². The fraction of sp³-hybridized carbons (Fsp3) is 0.667. The summed E-state index contributed by atoms with van der Waals surface area (Å²) in [6.07, 6.45) is -4.97. The van der Waals surface area contributed by atoms with E-state index in [1.807, 2.05) is 0 Å². The van der Waals surface area contributed by atoms with Gasteiger partial charge in [-0.2, -0.15) is 13.2 Å². The summed E-state index contributed by atoms with van der Waals surface area (Å²) in [7, 11) is 0. The van der Waals surface area contributed by atoms with E-state index in [1.165, 1.54) is 12.2 Å². The Kier molecular flexibility index (Phi) is 4.22. The minimum absolute atomic E-state index is 0.0563. The van der Waals surface area contributed by atoms with Crippen LogP contribution in [0.5, 0.6) is 0 Å². The quantitative estimate of drug-likeness (QED) is 0.662. The summed E-state index contributed by atoms with van der Waals surface area (Å²) >= 11 is 0. The van der Waals surface area contributed by atoms with E-state index in [-0.39, 0.29) is 6.61 Å². The Morgan fingerprint density at radius 3 is 2.31 bits per heavy atom. The van der Waals surface area contributed by atoms with Gasteiger partial charge in [-0.25, -0.2) is 0 Å². The van der Waals surface area contributed by atoms with Crippen molar-refractivity contribution in [3.63, 3.8) is 0 Å². The normalized spacial score (nSPS) is 10.8. The number of rotatable bonds is 3. The lowest BCUT2D eigenvalue weighted by atomic mass is 10.5. The molecular weight excluding hydrogens is 191 g/mol. The average molecular weight is 199 g/mol. The van der Waals surface area contributed by atoms with Crippen molar-refractivity contribution in [2.45, 2.75) is 13.1 Å². The Labute approximate surface area is 72.0 Å². The highest BCUT2D eigenvalue weighted by Gasteiger charge is 2.38. The van der Waals surface area contributed by atoms with Crippen LogP contribution in [-0.2, 0) is 14.3 Å². The smallest absolute Gasteiger partial charge is 0.465 e. The molecule has 0 aliphatic carbocycles. The highest BCUT2D eigenvalue weighted by molar-refractivity contribution is 5.85. The second-order valence-corrected chi connectivity index (χ2v) is 1.99. The maximum absolute atomic E-state index is 11.5. The highest BCUT2D eigenvalue weighted by Crippen LogP contribution is 2.13. The zero-order valence-electron chi connectivity index (χ0n) is 6.77. The zero-order chi connectivity index (χ0) is 10.5. The van der Waals surface area contributed by atoms with Crippen molar-refractivity contribution in [2.24, 2.45) is 0 Å². The molecule has 0 atom stereocenters. The van der Waals surface area contributed by atoms with Gasteiger partial charge < -0.3 is 10.1 Å². The van der Waals surface area contributed by atoms with Crippen molar-refractivity contribution in [1.82, 2.24) is 5.32 Å². The van der Waals surface area contributed by atoms with Crippen LogP contribution in [-0.4, -0.2) is 31.2 Å². The number of amides is 1. The van der Waals surface area contributed by atoms with Crippen molar-refractivity contribution in [3.05, 3.63) is 0 Å². The summed E-state index contributed by atoms with van der Waals surface area (Å²) in [5.74, 6) is -3.05. The molecular formula is C6H8F3NO3. The number of hydrogen-bond donors (Lipinski definition) is 1. The number of esters is 1. The predicted octanol–water partition coefficient (Wildman–Crippen LogP) is 0.228. The average Bonchev–Trinajstić information content (AvgIpc) is 1.99. The van der Waals surface area contributed by atoms with Crippen LogP contribution in [0.4, 0.5) is 13.2 Å². The van der Waals surface area contributed by atoms with Crippen LogP contribution in [0.3, 0.4) is 0 Å². The molecule has 0 aromatic heterocycles. The molecule has 0 saturated carbocycles. The first-order valence-electron chi connectivity index (χ1n) is 3.38. The molecule has 0 fully saturated rings. The van der Waals surface area contributed by atoms with Gasteiger partial charge in [0, 0.05) is 0 Å². The molecule has 0 radical (unpaired) electrons. The summed E-state index contributed by atoms with van der Waals surface area (Å²) in [5.41, 5.74) is 0. The van der Waals surface area contributed by atoms with Crippen LogP contribution in [0.15, 0.2) is 0 Å². The van der Waals surface area contributed by atoms with Crippen molar-refractivity contribution in [2.75, 3.05) is 13.2 Å². The van der Waals surface area contributed by atoms with Crippen LogP contribution < -0.4 is 5.32 Å². The monoisotopic (exact) mass is 199 g/mol. The number of nitrogens with one attached hydrogen (secondary N) is 1. The third-order valence-electron chi connectivity index (χ3n) is 0.956. The Hall–Kier alpha value is -1.27. The van der Waals surface area contributed by atoms with Gasteiger partial charge in [0.1, 0.15) is 6.54 Å². The maximum atomic E-state index is 11.5. The van der Waals surface area contributed by atoms with E-state index in [1.54, 1.807) is 0 Å². The molecule has 7 heteroatoms. The summed E-state index contributed by atoms with van der Waals surface area (Å²) < 4.78 is 38.8. The van der Waals surface area contributed by atoms with Crippen molar-refractivity contribution >= 4 is 11.9 Å². The summed E-state index contributed by atoms with van der Waals surface area (Å²) in [6.45, 7) is 0.788. The molecule has 0 unspecified atom stereocenters. The Balaban J connectivity index is 3.77. The molecule has 1 N–H and O–H groups in total. The van der Waals surface area contributed by atoms with Gasteiger partial charge in [-0.05, 0) is 6.92 Å². The van der Waals surface area contributed by atoms with Crippen LogP contribution >= 0.6 is 0 Å². The molecule has 0 aromatic rings. The Morgan fingerprint density at radius 2 is 1.92 bits per heavy atom. The molecule has 0 bridgehead atoms. The second kappa shape index (κ2) is 4.68. The van der Waals surface area contributed by atoms with E-state index < -0.39 is 24.6 Å². The van der Waals surface area contributed by atoms with E-state index in [4.69, 9.17) is 0 Å². The van der Waals surface area contributed by atoms with Crippen LogP contribution in [0.2, 0.25) is 0 Å². The zero-order valence-corrected chi connectivity index (χ0v) is 6.77. The minimum atomic E-state index is -4.97. The van der Waals surface area contributed by atoms with Gasteiger partial charge in [-0.3, -0.25) is 9.59 Å². The fourth-order valence-corrected chi connectivity index (χ4v) is 0.465. The lowest BCUT2D eigenvalue weighted by Gasteiger charge is -2.06. The summed E-state index contributed by atoms with van der Waals surface area (Å²) in [5, 5.41) is 1.37. The van der Waals surface area contributed by atoms with Gasteiger partial charge in [0.25, 0.3) is 0 Å². The Bertz CT molecular complexity index is 202. The van der Waals surface area contributed by atoms with E-state index in [2.05, 4.69) is 4.74 Å². The molecule has 0 rings (SSSR count). The highest BCUT2D eigenvalue weighted by atomic mass is 19.4. The fourth-order valence-electron chi connectivity index (χ4n) is 0.465. The third-order valence-corrected chi connectivity index (χ3v) is 0.956. The molecule has 0 aliphatic rings. The number of carbonyl (C=O) groups excluding carboxylic acids is 2. The number of halogens is 3. The molecule has 13 heavy (non-hydrogen) atoms. The molecule has 0 spiro atoms. The molecule has 0 aromatic carbocycles. The first kappa shape index (κ1) is 11.7. The topological polar surface area (TPSA) is 55.4 Å². The summed E-state index contributed by atoms with van der Waals surface area (Å²) in [4.78, 5) is 20.6. The molecule has 0 saturated heterocycles. The summed E-state index contributed by atoms with van der Waals surface area (Å²) in [6, 6.07) is 0. The van der Waals surface area contributed by atoms with Crippen molar-refractivity contribution in [1.29, 1.82) is 0 Å². The predicted molar refractivity (Wildman–Crippen MR) is 35.7 cm³/mol. The number of ether oxygens (including phenoxy) is 1. The van der Waals surface area contributed by atoms with Crippen LogP contribution in [0, 0.1) is 0 Å². The molecule has 0 aliphatic heterocycles. The second-order valence-electron chi connectivity index (χ2n) is 1.99. The van der Waals surface area contributed by atoms with Gasteiger partial charge in [0.15, 0.2) is 0 Å². The first-order chi connectivity index (χ1) is 5.88. The van der Waals surface area contributed by atoms with Crippen LogP contribution in [0.25, 0.3) is 0 Å². The maximum Gasteiger partial charge on any atom is 0.471 e. The number of alkyl halides is 3. The molecule has 0 heterocycles. The third kappa shape index (κ3) is 5.05. The van der Waals surface area contributed by atoms with Gasteiger partial charge in [0.05, 0.1) is 6.61 Å². The van der Waals surface area contributed by atoms with E-state index in [0.717, 1.165) is 0 Å². The molecule has 1 amide bonds. The Morgan fingerprint density at radius 1 is 1.38 bits per heavy atom. The van der Waals surface area contributed by atoms with E-state index in [0.29, 0.717) is 0 Å².